The normalized spacial score (nSPS) is 16.1. The molecule has 27 heavy (non-hydrogen) atoms. The van der Waals surface area contributed by atoms with E-state index in [-0.39, 0.29) is 11.9 Å². The highest BCUT2D eigenvalue weighted by Gasteiger charge is 2.25. The van der Waals surface area contributed by atoms with E-state index in [1.807, 2.05) is 38.1 Å². The highest BCUT2D eigenvalue weighted by molar-refractivity contribution is 5.85. The molecule has 0 unspecified atom stereocenters. The lowest BCUT2D eigenvalue weighted by Gasteiger charge is -2.36. The number of anilines is 1. The second-order valence-corrected chi connectivity index (χ2v) is 7.23. The Bertz CT molecular complexity index is 610. The van der Waals surface area contributed by atoms with Crippen LogP contribution < -0.4 is 15.0 Å². The van der Waals surface area contributed by atoms with Crippen molar-refractivity contribution in [3.63, 3.8) is 0 Å². The number of carbonyl (C=O) groups excluding carboxylic acids is 2. The Morgan fingerprint density at radius 3 is 2.22 bits per heavy atom. The molecule has 1 heterocycles. The first kappa shape index (κ1) is 21.0. The molecule has 1 aliphatic heterocycles. The highest BCUT2D eigenvalue weighted by atomic mass is 16.5. The van der Waals surface area contributed by atoms with Gasteiger partial charge in [-0.3, -0.25) is 9.69 Å². The van der Waals surface area contributed by atoms with Gasteiger partial charge in [0.1, 0.15) is 11.8 Å². The van der Waals surface area contributed by atoms with Gasteiger partial charge in [-0.1, -0.05) is 13.8 Å². The molecule has 0 aromatic heterocycles. The van der Waals surface area contributed by atoms with Crippen molar-refractivity contribution in [2.75, 3.05) is 51.8 Å². The zero-order chi connectivity index (χ0) is 19.8. The lowest BCUT2D eigenvalue weighted by Crippen LogP contribution is -2.51. The summed E-state index contributed by atoms with van der Waals surface area (Å²) in [4.78, 5) is 28.6. The van der Waals surface area contributed by atoms with Gasteiger partial charge in [-0.15, -0.1) is 0 Å². The third-order valence-corrected chi connectivity index (χ3v) is 4.71. The van der Waals surface area contributed by atoms with Crippen LogP contribution in [0.15, 0.2) is 24.3 Å². The summed E-state index contributed by atoms with van der Waals surface area (Å²) in [6, 6.07) is 7.43. The van der Waals surface area contributed by atoms with Gasteiger partial charge in [0.25, 0.3) is 0 Å². The molecule has 1 aromatic rings. The predicted octanol–water partition coefficient (Wildman–Crippen LogP) is 1.52. The van der Waals surface area contributed by atoms with Crippen LogP contribution in [0.3, 0.4) is 0 Å². The second-order valence-electron chi connectivity index (χ2n) is 7.23. The van der Waals surface area contributed by atoms with E-state index >= 15 is 0 Å². The molecular weight excluding hydrogens is 346 g/mol. The van der Waals surface area contributed by atoms with E-state index in [0.717, 1.165) is 37.6 Å². The Kier molecular flexibility index (Phi) is 7.91. The Labute approximate surface area is 161 Å². The van der Waals surface area contributed by atoms with E-state index in [2.05, 4.69) is 15.1 Å². The van der Waals surface area contributed by atoms with E-state index in [0.29, 0.717) is 18.9 Å². The maximum Gasteiger partial charge on any atom is 0.328 e. The largest absolute Gasteiger partial charge is 0.497 e. The first-order valence-corrected chi connectivity index (χ1v) is 9.41. The summed E-state index contributed by atoms with van der Waals surface area (Å²) in [7, 11) is 3.00. The van der Waals surface area contributed by atoms with Crippen molar-refractivity contribution in [1.29, 1.82) is 0 Å². The van der Waals surface area contributed by atoms with Crippen molar-refractivity contribution in [2.24, 2.45) is 5.92 Å². The predicted molar refractivity (Wildman–Crippen MR) is 105 cm³/mol. The molecule has 1 amide bonds. The van der Waals surface area contributed by atoms with Gasteiger partial charge in [-0.05, 0) is 36.6 Å². The third kappa shape index (κ3) is 6.43. The number of piperazine rings is 1. The number of benzene rings is 1. The van der Waals surface area contributed by atoms with Crippen molar-refractivity contribution in [3.8, 4) is 5.75 Å². The monoisotopic (exact) mass is 377 g/mol. The smallest absolute Gasteiger partial charge is 0.328 e. The first-order valence-electron chi connectivity index (χ1n) is 9.41. The lowest BCUT2D eigenvalue weighted by atomic mass is 10.0. The van der Waals surface area contributed by atoms with Gasteiger partial charge in [0.05, 0.1) is 20.8 Å². The molecule has 0 bridgehead atoms. The van der Waals surface area contributed by atoms with Crippen LogP contribution in [-0.2, 0) is 14.3 Å². The number of hydrogen-bond donors (Lipinski definition) is 1. The van der Waals surface area contributed by atoms with E-state index < -0.39 is 6.04 Å². The fourth-order valence-electron chi connectivity index (χ4n) is 3.23. The van der Waals surface area contributed by atoms with Crippen molar-refractivity contribution < 1.29 is 19.1 Å². The summed E-state index contributed by atoms with van der Waals surface area (Å²) in [5.41, 5.74) is 1.16. The molecule has 150 valence electrons. The number of esters is 1. The van der Waals surface area contributed by atoms with Crippen LogP contribution in [0.2, 0.25) is 0 Å². The summed E-state index contributed by atoms with van der Waals surface area (Å²) in [6.45, 7) is 7.63. The lowest BCUT2D eigenvalue weighted by molar-refractivity contribution is -0.145. The molecule has 0 saturated carbocycles. The zero-order valence-electron chi connectivity index (χ0n) is 16.7. The summed E-state index contributed by atoms with van der Waals surface area (Å²) < 4.78 is 9.99. The van der Waals surface area contributed by atoms with Crippen LogP contribution in [0.4, 0.5) is 5.69 Å². The van der Waals surface area contributed by atoms with Crippen molar-refractivity contribution in [2.45, 2.75) is 26.3 Å². The maximum atomic E-state index is 12.4. The van der Waals surface area contributed by atoms with Crippen LogP contribution in [0, 0.1) is 5.92 Å². The second kappa shape index (κ2) is 10.2. The molecule has 1 saturated heterocycles. The SMILES string of the molecule is COC(=O)[C@H](CC(C)C)NC(=O)CN1CCN(c2ccc(OC)cc2)CC1. The summed E-state index contributed by atoms with van der Waals surface area (Å²) in [5, 5.41) is 2.82. The average Bonchev–Trinajstić information content (AvgIpc) is 2.67. The van der Waals surface area contributed by atoms with Crippen LogP contribution in [0.5, 0.6) is 5.75 Å². The Hall–Kier alpha value is -2.28. The van der Waals surface area contributed by atoms with Gasteiger partial charge in [-0.2, -0.15) is 0 Å². The summed E-state index contributed by atoms with van der Waals surface area (Å²) in [6.07, 6.45) is 0.573. The van der Waals surface area contributed by atoms with E-state index in [1.54, 1.807) is 7.11 Å². The fraction of sp³-hybridized carbons (Fsp3) is 0.600. The molecule has 7 nitrogen and oxygen atoms in total. The number of rotatable bonds is 8. The van der Waals surface area contributed by atoms with Gasteiger partial charge < -0.3 is 19.7 Å². The number of nitrogens with one attached hydrogen (secondary N) is 1. The topological polar surface area (TPSA) is 71.1 Å². The summed E-state index contributed by atoms with van der Waals surface area (Å²) >= 11 is 0. The number of methoxy groups -OCH3 is 2. The fourth-order valence-corrected chi connectivity index (χ4v) is 3.23. The van der Waals surface area contributed by atoms with Gasteiger partial charge in [0, 0.05) is 31.9 Å². The number of amides is 1. The third-order valence-electron chi connectivity index (χ3n) is 4.71. The molecule has 1 atom stereocenters. The average molecular weight is 377 g/mol. The highest BCUT2D eigenvalue weighted by Crippen LogP contribution is 2.20. The van der Waals surface area contributed by atoms with Crippen molar-refractivity contribution >= 4 is 17.6 Å². The van der Waals surface area contributed by atoms with Crippen molar-refractivity contribution in [3.05, 3.63) is 24.3 Å². The maximum absolute atomic E-state index is 12.4. The van der Waals surface area contributed by atoms with Crippen LogP contribution in [-0.4, -0.2) is 69.8 Å². The van der Waals surface area contributed by atoms with E-state index in [1.165, 1.54) is 7.11 Å². The minimum Gasteiger partial charge on any atom is -0.497 e. The Morgan fingerprint density at radius 1 is 1.07 bits per heavy atom. The number of nitrogens with zero attached hydrogens (tertiary/aromatic N) is 2. The molecule has 0 aliphatic carbocycles. The van der Waals surface area contributed by atoms with Crippen molar-refractivity contribution in [1.82, 2.24) is 10.2 Å². The molecule has 1 aromatic carbocycles. The first-order chi connectivity index (χ1) is 12.9. The zero-order valence-corrected chi connectivity index (χ0v) is 16.7. The van der Waals surface area contributed by atoms with Gasteiger partial charge in [0.2, 0.25) is 5.91 Å². The standard InChI is InChI=1S/C20H31N3O4/c1-15(2)13-18(20(25)27-4)21-19(24)14-22-9-11-23(12-10-22)16-5-7-17(26-3)8-6-16/h5-8,15,18H,9-14H2,1-4H3,(H,21,24)/t18-/m0/s1. The summed E-state index contributed by atoms with van der Waals surface area (Å²) in [5.74, 6) is 0.614. The quantitative estimate of drug-likeness (QED) is 0.693. The van der Waals surface area contributed by atoms with Crippen LogP contribution in [0.25, 0.3) is 0 Å². The number of carbonyl (C=O) groups is 2. The molecule has 0 spiro atoms. The van der Waals surface area contributed by atoms with Crippen LogP contribution >= 0.6 is 0 Å². The molecular formula is C20H31N3O4. The van der Waals surface area contributed by atoms with E-state index in [9.17, 15) is 9.59 Å². The molecule has 1 aliphatic rings. The number of ether oxygens (including phenoxy) is 2. The Balaban J connectivity index is 1.81. The minimum atomic E-state index is -0.580. The molecule has 0 radical (unpaired) electrons. The molecule has 1 fully saturated rings. The van der Waals surface area contributed by atoms with Gasteiger partial charge in [0.15, 0.2) is 0 Å². The van der Waals surface area contributed by atoms with Gasteiger partial charge in [-0.25, -0.2) is 4.79 Å². The molecule has 1 N–H and O–H groups in total. The van der Waals surface area contributed by atoms with E-state index in [4.69, 9.17) is 9.47 Å². The molecule has 2 rings (SSSR count). The minimum absolute atomic E-state index is 0.135. The van der Waals surface area contributed by atoms with Crippen LogP contribution in [0.1, 0.15) is 20.3 Å². The van der Waals surface area contributed by atoms with Gasteiger partial charge >= 0.3 is 5.97 Å². The molecule has 7 heteroatoms. The number of hydrogen-bond acceptors (Lipinski definition) is 6. The Morgan fingerprint density at radius 2 is 1.70 bits per heavy atom.